The van der Waals surface area contributed by atoms with E-state index in [-0.39, 0.29) is 6.10 Å². The molecule has 2 aromatic rings. The number of aliphatic hydroxyl groups excluding tert-OH is 1. The van der Waals surface area contributed by atoms with Crippen LogP contribution in [0.5, 0.6) is 0 Å². The Morgan fingerprint density at radius 3 is 3.11 bits per heavy atom. The first-order valence-electron chi connectivity index (χ1n) is 6.50. The Balaban J connectivity index is 1.84. The summed E-state index contributed by atoms with van der Waals surface area (Å²) in [6, 6.07) is 0. The second kappa shape index (κ2) is 4.86. The SMILES string of the molecule is Cc1ncc(Cn2cc3c(c2)C(O)CCCC3)s1. The molecule has 1 aliphatic carbocycles. The minimum absolute atomic E-state index is 0.271. The molecule has 0 amide bonds. The summed E-state index contributed by atoms with van der Waals surface area (Å²) in [5.74, 6) is 0. The van der Waals surface area contributed by atoms with Crippen molar-refractivity contribution in [2.45, 2.75) is 45.3 Å². The van der Waals surface area contributed by atoms with Crippen molar-refractivity contribution in [2.24, 2.45) is 0 Å². The Bertz CT molecular complexity index is 544. The zero-order valence-corrected chi connectivity index (χ0v) is 11.4. The molecule has 0 aromatic carbocycles. The molecule has 3 rings (SSSR count). The van der Waals surface area contributed by atoms with E-state index in [2.05, 4.69) is 21.9 Å². The van der Waals surface area contributed by atoms with Gasteiger partial charge >= 0.3 is 0 Å². The van der Waals surface area contributed by atoms with Gasteiger partial charge in [0, 0.05) is 29.0 Å². The molecule has 0 saturated carbocycles. The van der Waals surface area contributed by atoms with Crippen LogP contribution in [0.1, 0.15) is 46.4 Å². The highest BCUT2D eigenvalue weighted by Crippen LogP contribution is 2.29. The topological polar surface area (TPSA) is 38.0 Å². The van der Waals surface area contributed by atoms with Gasteiger partial charge in [-0.15, -0.1) is 11.3 Å². The fourth-order valence-electron chi connectivity index (χ4n) is 2.64. The van der Waals surface area contributed by atoms with E-state index in [0.717, 1.165) is 36.4 Å². The van der Waals surface area contributed by atoms with Crippen molar-refractivity contribution in [1.82, 2.24) is 9.55 Å². The summed E-state index contributed by atoms with van der Waals surface area (Å²) in [5.41, 5.74) is 2.45. The summed E-state index contributed by atoms with van der Waals surface area (Å²) < 4.78 is 2.19. The van der Waals surface area contributed by atoms with Crippen LogP contribution in [0.15, 0.2) is 18.6 Å². The maximum atomic E-state index is 10.1. The van der Waals surface area contributed by atoms with E-state index in [1.54, 1.807) is 11.3 Å². The average molecular weight is 262 g/mol. The molecule has 1 N–H and O–H groups in total. The van der Waals surface area contributed by atoms with E-state index in [4.69, 9.17) is 0 Å². The van der Waals surface area contributed by atoms with Gasteiger partial charge in [-0.1, -0.05) is 6.42 Å². The maximum absolute atomic E-state index is 10.1. The third-order valence-corrected chi connectivity index (χ3v) is 4.44. The first-order chi connectivity index (χ1) is 8.72. The van der Waals surface area contributed by atoms with E-state index in [0.29, 0.717) is 0 Å². The molecule has 0 fully saturated rings. The highest BCUT2D eigenvalue weighted by Gasteiger charge is 2.18. The van der Waals surface area contributed by atoms with Gasteiger partial charge in [-0.05, 0) is 31.7 Å². The number of thiazole rings is 1. The van der Waals surface area contributed by atoms with E-state index < -0.39 is 0 Å². The molecule has 18 heavy (non-hydrogen) atoms. The minimum atomic E-state index is -0.271. The predicted molar refractivity (Wildman–Crippen MR) is 72.9 cm³/mol. The van der Waals surface area contributed by atoms with Gasteiger partial charge in [0.2, 0.25) is 0 Å². The molecule has 0 aliphatic heterocycles. The van der Waals surface area contributed by atoms with Crippen LogP contribution in [0.3, 0.4) is 0 Å². The molecule has 3 nitrogen and oxygen atoms in total. The molecule has 0 saturated heterocycles. The van der Waals surface area contributed by atoms with Crippen molar-refractivity contribution >= 4 is 11.3 Å². The zero-order valence-electron chi connectivity index (χ0n) is 10.6. The van der Waals surface area contributed by atoms with Gasteiger partial charge in [-0.25, -0.2) is 4.98 Å². The first kappa shape index (κ1) is 11.9. The third kappa shape index (κ3) is 2.35. The molecule has 1 aliphatic rings. The van der Waals surface area contributed by atoms with Crippen LogP contribution >= 0.6 is 11.3 Å². The van der Waals surface area contributed by atoms with Crippen molar-refractivity contribution < 1.29 is 5.11 Å². The number of nitrogens with zero attached hydrogens (tertiary/aromatic N) is 2. The minimum Gasteiger partial charge on any atom is -0.388 e. The van der Waals surface area contributed by atoms with Gasteiger partial charge in [0.25, 0.3) is 0 Å². The molecule has 0 spiro atoms. The lowest BCUT2D eigenvalue weighted by molar-refractivity contribution is 0.166. The summed E-state index contributed by atoms with van der Waals surface area (Å²) in [4.78, 5) is 5.55. The van der Waals surface area contributed by atoms with Crippen molar-refractivity contribution in [2.75, 3.05) is 0 Å². The van der Waals surface area contributed by atoms with Gasteiger partial charge in [0.05, 0.1) is 17.7 Å². The van der Waals surface area contributed by atoms with Crippen LogP contribution in [0.25, 0.3) is 0 Å². The number of rotatable bonds is 2. The van der Waals surface area contributed by atoms with Gasteiger partial charge in [0.15, 0.2) is 0 Å². The number of aliphatic hydroxyl groups is 1. The van der Waals surface area contributed by atoms with E-state index in [1.807, 2.05) is 13.1 Å². The molecule has 1 atom stereocenters. The van der Waals surface area contributed by atoms with Gasteiger partial charge in [-0.3, -0.25) is 0 Å². The molecule has 96 valence electrons. The molecule has 0 bridgehead atoms. The van der Waals surface area contributed by atoms with Crippen LogP contribution in [0.2, 0.25) is 0 Å². The predicted octanol–water partition coefficient (Wildman–Crippen LogP) is 3.06. The Kier molecular flexibility index (Phi) is 3.22. The quantitative estimate of drug-likeness (QED) is 0.845. The van der Waals surface area contributed by atoms with E-state index in [1.165, 1.54) is 16.9 Å². The van der Waals surface area contributed by atoms with Crippen LogP contribution in [0, 0.1) is 6.92 Å². The largest absolute Gasteiger partial charge is 0.388 e. The van der Waals surface area contributed by atoms with Gasteiger partial charge < -0.3 is 9.67 Å². The lowest BCUT2D eigenvalue weighted by Gasteiger charge is -2.06. The fraction of sp³-hybridized carbons (Fsp3) is 0.500. The van der Waals surface area contributed by atoms with Crippen molar-refractivity contribution in [3.8, 4) is 0 Å². The molecule has 4 heteroatoms. The Morgan fingerprint density at radius 2 is 2.33 bits per heavy atom. The number of hydrogen-bond acceptors (Lipinski definition) is 3. The highest BCUT2D eigenvalue weighted by molar-refractivity contribution is 7.11. The third-order valence-electron chi connectivity index (χ3n) is 3.54. The standard InChI is InChI=1S/C14H18N2OS/c1-10-15-6-12(18-10)8-16-7-11-4-2-3-5-14(17)13(11)9-16/h6-7,9,14,17H,2-5,8H2,1H3. The Labute approximate surface area is 111 Å². The van der Waals surface area contributed by atoms with E-state index >= 15 is 0 Å². The molecule has 0 radical (unpaired) electrons. The molecule has 2 aromatic heterocycles. The fourth-order valence-corrected chi connectivity index (χ4v) is 3.44. The summed E-state index contributed by atoms with van der Waals surface area (Å²) in [5, 5.41) is 11.2. The maximum Gasteiger partial charge on any atom is 0.0897 e. The van der Waals surface area contributed by atoms with Gasteiger partial charge in [0.1, 0.15) is 0 Å². The Hall–Kier alpha value is -1.13. The lowest BCUT2D eigenvalue weighted by Crippen LogP contribution is -1.97. The van der Waals surface area contributed by atoms with E-state index in [9.17, 15) is 5.11 Å². The van der Waals surface area contributed by atoms with Crippen LogP contribution < -0.4 is 0 Å². The number of aryl methyl sites for hydroxylation is 2. The first-order valence-corrected chi connectivity index (χ1v) is 7.32. The van der Waals surface area contributed by atoms with Crippen LogP contribution in [-0.4, -0.2) is 14.7 Å². The summed E-state index contributed by atoms with van der Waals surface area (Å²) in [6.45, 7) is 2.90. The Morgan fingerprint density at radius 1 is 1.44 bits per heavy atom. The summed E-state index contributed by atoms with van der Waals surface area (Å²) in [7, 11) is 0. The summed E-state index contributed by atoms with van der Waals surface area (Å²) in [6.07, 6.45) is 10.3. The second-order valence-corrected chi connectivity index (χ2v) is 6.34. The molecular formula is C14H18N2OS. The second-order valence-electron chi connectivity index (χ2n) is 5.02. The zero-order chi connectivity index (χ0) is 12.5. The monoisotopic (exact) mass is 262 g/mol. The smallest absolute Gasteiger partial charge is 0.0897 e. The number of fused-ring (bicyclic) bond motifs is 1. The lowest BCUT2D eigenvalue weighted by atomic mass is 10.1. The molecule has 2 heterocycles. The average Bonchev–Trinajstić information content (AvgIpc) is 2.88. The van der Waals surface area contributed by atoms with Crippen molar-refractivity contribution in [3.63, 3.8) is 0 Å². The van der Waals surface area contributed by atoms with Crippen molar-refractivity contribution in [1.29, 1.82) is 0 Å². The number of aromatic nitrogens is 2. The van der Waals surface area contributed by atoms with Crippen LogP contribution in [0.4, 0.5) is 0 Å². The summed E-state index contributed by atoms with van der Waals surface area (Å²) >= 11 is 1.74. The normalized spacial score (nSPS) is 19.6. The number of hydrogen-bond donors (Lipinski definition) is 1. The van der Waals surface area contributed by atoms with Crippen molar-refractivity contribution in [3.05, 3.63) is 39.6 Å². The molecule has 1 unspecified atom stereocenters. The highest BCUT2D eigenvalue weighted by atomic mass is 32.1. The van der Waals surface area contributed by atoms with Gasteiger partial charge in [-0.2, -0.15) is 0 Å². The van der Waals surface area contributed by atoms with Crippen LogP contribution in [-0.2, 0) is 13.0 Å². The molecular weight excluding hydrogens is 244 g/mol.